The predicted octanol–water partition coefficient (Wildman–Crippen LogP) is 12.1. The quantitative estimate of drug-likeness (QED) is 0.0835. The van der Waals surface area contributed by atoms with Crippen molar-refractivity contribution in [3.05, 3.63) is 135 Å². The number of fused-ring (bicyclic) bond motifs is 2. The highest BCUT2D eigenvalue weighted by atomic mass is 35.5. The zero-order valence-electron chi connectivity index (χ0n) is 39.6. The third-order valence-electron chi connectivity index (χ3n) is 12.0. The molecule has 0 aliphatic carbocycles. The van der Waals surface area contributed by atoms with E-state index in [9.17, 15) is 24.0 Å². The molecule has 0 unspecified atom stereocenters. The van der Waals surface area contributed by atoms with E-state index in [1.807, 2.05) is 77.7 Å². The number of Topliss-reactive ketones (excluding diaryl/α,β-unsaturated/α-hetero) is 1. The van der Waals surface area contributed by atoms with Crippen molar-refractivity contribution in [1.29, 1.82) is 5.26 Å². The van der Waals surface area contributed by atoms with Crippen LogP contribution in [0.15, 0.2) is 97.1 Å². The van der Waals surface area contributed by atoms with Gasteiger partial charge >= 0.3 is 11.9 Å². The summed E-state index contributed by atoms with van der Waals surface area (Å²) >= 11 is 13.6. The maximum absolute atomic E-state index is 13.9. The number of amides is 2. The van der Waals surface area contributed by atoms with Crippen LogP contribution in [0.3, 0.4) is 0 Å². The molecule has 4 N–H and O–H groups in total. The highest BCUT2D eigenvalue weighted by molar-refractivity contribution is 7.59. The van der Waals surface area contributed by atoms with E-state index >= 15 is 0 Å². The summed E-state index contributed by atoms with van der Waals surface area (Å²) in [7, 11) is 0. The number of H-pyrrole nitrogens is 2. The van der Waals surface area contributed by atoms with Gasteiger partial charge in [-0.1, -0.05) is 96.0 Å². The standard InChI is InChI=1S/C27H26ClN3O3S.C19H16ClNO3.C8H12N2O.H2S/c1-2-34-27(33)23-20(18-12-11-17(28)15-19(18)30-23)21-22(26(32)31-13-7-4-8-14-31)25(29)35-24(21)16-9-5-3-6-10-16;1-2-24-19(23)18-17(14-9-8-13(20)11-15(14)21-18)16(22)10-12-6-4-3-5-7-12;9-5-4-8(11)10-6-2-1-3-7-10;/h3,5-6,9-12,15,30H,2,4,7-8,13-14,29H2,1H3;3-9,11,21H,2,10H2,1H3;1-4,6-7H2;1H2. The van der Waals surface area contributed by atoms with Gasteiger partial charge in [0.1, 0.15) is 17.8 Å². The second kappa shape index (κ2) is 25.5. The number of nitrogens with zero attached hydrogens (tertiary/aromatic N) is 3. The fraction of sp³-hybridized carbons (Fsp3) is 0.296. The van der Waals surface area contributed by atoms with Crippen LogP contribution in [-0.2, 0) is 20.7 Å². The van der Waals surface area contributed by atoms with E-state index < -0.39 is 11.9 Å². The number of hydrogen-bond donors (Lipinski definition) is 3. The van der Waals surface area contributed by atoms with Crippen molar-refractivity contribution in [2.75, 3.05) is 45.1 Å². The number of nitriles is 1. The van der Waals surface area contributed by atoms with Gasteiger partial charge < -0.3 is 35.0 Å². The number of aromatic amines is 2. The molecule has 2 saturated heterocycles. The monoisotopic (exact) mass is 1030 g/mol. The Morgan fingerprint density at radius 1 is 0.676 bits per heavy atom. The van der Waals surface area contributed by atoms with Crippen molar-refractivity contribution in [1.82, 2.24) is 19.8 Å². The number of nitrogens with two attached hydrogens (primary N) is 1. The Morgan fingerprint density at radius 3 is 1.77 bits per heavy atom. The molecule has 4 aromatic carbocycles. The molecular weight excluding hydrogens is 980 g/mol. The number of hydrogen-bond acceptors (Lipinski definition) is 10. The molecule has 2 aliphatic rings. The lowest BCUT2D eigenvalue weighted by Crippen LogP contribution is -2.36. The average molecular weight is 1040 g/mol. The van der Waals surface area contributed by atoms with Crippen LogP contribution in [0.4, 0.5) is 5.00 Å². The number of carbonyl (C=O) groups excluding carboxylic acids is 5. The second-order valence-corrected chi connectivity index (χ2v) is 18.6. The van der Waals surface area contributed by atoms with Crippen LogP contribution in [0.25, 0.3) is 43.4 Å². The first kappa shape index (κ1) is 53.8. The summed E-state index contributed by atoms with van der Waals surface area (Å²) in [4.78, 5) is 73.9. The normalized spacial score (nSPS) is 13.2. The molecule has 0 radical (unpaired) electrons. The zero-order valence-corrected chi connectivity index (χ0v) is 42.9. The Balaban J connectivity index is 0.000000198. The number of nitrogens with one attached hydrogen (secondary N) is 2. The number of piperidine rings is 2. The van der Waals surface area contributed by atoms with Gasteiger partial charge in [-0.05, 0) is 87.8 Å². The molecule has 0 atom stereocenters. The van der Waals surface area contributed by atoms with Gasteiger partial charge in [0.15, 0.2) is 5.78 Å². The molecule has 2 fully saturated rings. The summed E-state index contributed by atoms with van der Waals surface area (Å²) in [5.41, 5.74) is 12.2. The maximum atomic E-state index is 13.9. The van der Waals surface area contributed by atoms with Gasteiger partial charge in [-0.2, -0.15) is 18.8 Å². The minimum absolute atomic E-state index is 0. The van der Waals surface area contributed by atoms with Crippen molar-refractivity contribution in [3.8, 4) is 27.6 Å². The SMILES string of the molecule is CCOC(=O)c1[nH]c2cc(Cl)ccc2c1-c1c(-c2ccccc2)sc(N)c1C(=O)N1CCCCC1.CCOC(=O)c1[nH]c2cc(Cl)ccc2c1C(=O)Cc1ccccc1.N#CCC(=O)N1CCCCC1.S. The lowest BCUT2D eigenvalue weighted by molar-refractivity contribution is -0.131. The Labute approximate surface area is 433 Å². The van der Waals surface area contributed by atoms with Crippen molar-refractivity contribution in [2.45, 2.75) is 65.2 Å². The first-order valence-electron chi connectivity index (χ1n) is 23.4. The molecule has 2 amide bonds. The number of ketones is 1. The molecule has 13 nitrogen and oxygen atoms in total. The molecule has 7 aromatic rings. The summed E-state index contributed by atoms with van der Waals surface area (Å²) in [6, 6.07) is 31.7. The minimum Gasteiger partial charge on any atom is -0.461 e. The number of ether oxygens (including phenoxy) is 2. The van der Waals surface area contributed by atoms with Gasteiger partial charge in [0.05, 0.1) is 35.4 Å². The van der Waals surface area contributed by atoms with Crippen LogP contribution in [0.5, 0.6) is 0 Å². The number of aromatic nitrogens is 2. The van der Waals surface area contributed by atoms with E-state index in [4.69, 9.17) is 43.7 Å². The zero-order chi connectivity index (χ0) is 49.7. The molecule has 9 rings (SSSR count). The fourth-order valence-corrected chi connectivity index (χ4v) is 10.2. The molecule has 3 aromatic heterocycles. The lowest BCUT2D eigenvalue weighted by Gasteiger charge is -2.27. The first-order chi connectivity index (χ1) is 33.9. The molecule has 0 saturated carbocycles. The summed E-state index contributed by atoms with van der Waals surface area (Å²) in [6.45, 7) is 7.04. The first-order valence-corrected chi connectivity index (χ1v) is 25.0. The average Bonchev–Trinajstić information content (AvgIpc) is 4.06. The van der Waals surface area contributed by atoms with E-state index in [1.54, 1.807) is 49.1 Å². The number of esters is 2. The highest BCUT2D eigenvalue weighted by Crippen LogP contribution is 2.49. The number of halogens is 2. The summed E-state index contributed by atoms with van der Waals surface area (Å²) < 4.78 is 10.5. The molecule has 370 valence electrons. The molecule has 5 heterocycles. The number of anilines is 1. The van der Waals surface area contributed by atoms with Gasteiger partial charge in [0.25, 0.3) is 5.91 Å². The Hall–Kier alpha value is -6.57. The summed E-state index contributed by atoms with van der Waals surface area (Å²) in [5, 5.41) is 11.2. The predicted molar refractivity (Wildman–Crippen MR) is 287 cm³/mol. The molecule has 17 heteroatoms. The smallest absolute Gasteiger partial charge is 0.355 e. The summed E-state index contributed by atoms with van der Waals surface area (Å²) in [5.74, 6) is -1.28. The number of nitrogen functional groups attached to an aromatic ring is 1. The third kappa shape index (κ3) is 12.9. The third-order valence-corrected chi connectivity index (χ3v) is 13.5. The van der Waals surface area contributed by atoms with Crippen molar-refractivity contribution in [3.63, 3.8) is 0 Å². The van der Waals surface area contributed by atoms with Gasteiger partial charge in [-0.15, -0.1) is 11.3 Å². The number of carbonyl (C=O) groups is 5. The number of likely N-dealkylation sites (tertiary alicyclic amines) is 2. The van der Waals surface area contributed by atoms with Gasteiger partial charge in [-0.3, -0.25) is 14.4 Å². The van der Waals surface area contributed by atoms with Crippen LogP contribution in [-0.4, -0.2) is 88.7 Å². The van der Waals surface area contributed by atoms with E-state index in [0.717, 1.165) is 66.6 Å². The Morgan fingerprint density at radius 2 is 1.20 bits per heavy atom. The van der Waals surface area contributed by atoms with Crippen LogP contribution < -0.4 is 5.73 Å². The highest BCUT2D eigenvalue weighted by Gasteiger charge is 2.33. The Kier molecular flexibility index (Phi) is 19.3. The largest absolute Gasteiger partial charge is 0.461 e. The fourth-order valence-electron chi connectivity index (χ4n) is 8.74. The topological polar surface area (TPSA) is 192 Å². The molecular formula is C54H56Cl2N6O7S2. The van der Waals surface area contributed by atoms with E-state index in [2.05, 4.69) is 9.97 Å². The minimum atomic E-state index is -0.541. The second-order valence-electron chi connectivity index (χ2n) is 16.7. The number of rotatable bonds is 11. The maximum Gasteiger partial charge on any atom is 0.355 e. The number of thiophene rings is 1. The van der Waals surface area contributed by atoms with Crippen molar-refractivity contribution in [2.24, 2.45) is 0 Å². The van der Waals surface area contributed by atoms with Crippen LogP contribution in [0, 0.1) is 11.3 Å². The van der Waals surface area contributed by atoms with Crippen LogP contribution in [0.2, 0.25) is 10.0 Å². The van der Waals surface area contributed by atoms with E-state index in [-0.39, 0.29) is 68.5 Å². The van der Waals surface area contributed by atoms with Gasteiger partial charge in [-0.25, -0.2) is 9.59 Å². The molecule has 0 bridgehead atoms. The number of benzene rings is 4. The molecule has 2 aliphatic heterocycles. The van der Waals surface area contributed by atoms with E-state index in [1.165, 1.54) is 17.8 Å². The molecule has 0 spiro atoms. The Bertz CT molecular complexity index is 3040. The van der Waals surface area contributed by atoms with Crippen molar-refractivity contribution < 1.29 is 33.4 Å². The van der Waals surface area contributed by atoms with Crippen LogP contribution >= 0.6 is 48.0 Å². The van der Waals surface area contributed by atoms with E-state index in [0.29, 0.717) is 66.8 Å². The summed E-state index contributed by atoms with van der Waals surface area (Å²) in [6.07, 6.45) is 6.71. The lowest BCUT2D eigenvalue weighted by atomic mass is 9.94. The van der Waals surface area contributed by atoms with Crippen LogP contribution in [0.1, 0.15) is 106 Å². The van der Waals surface area contributed by atoms with Gasteiger partial charge in [0, 0.05) is 80.5 Å². The molecule has 71 heavy (non-hydrogen) atoms. The van der Waals surface area contributed by atoms with Gasteiger partial charge in [0.2, 0.25) is 5.91 Å². The van der Waals surface area contributed by atoms with Crippen molar-refractivity contribution >= 4 is 104 Å².